The molecule has 0 bridgehead atoms. The minimum absolute atomic E-state index is 0.135. The summed E-state index contributed by atoms with van der Waals surface area (Å²) in [5.74, 6) is 1.73. The van der Waals surface area contributed by atoms with Crippen molar-refractivity contribution in [3.63, 3.8) is 0 Å². The molecule has 2 aromatic heterocycles. The third-order valence-electron chi connectivity index (χ3n) is 5.66. The Morgan fingerprint density at radius 3 is 2.90 bits per heavy atom. The number of aryl methyl sites for hydroxylation is 1. The first-order chi connectivity index (χ1) is 15.2. The minimum Gasteiger partial charge on any atom is -0.438 e. The van der Waals surface area contributed by atoms with Crippen LogP contribution in [0, 0.1) is 5.92 Å². The Morgan fingerprint density at radius 1 is 1.16 bits per heavy atom. The van der Waals surface area contributed by atoms with Crippen molar-refractivity contribution < 1.29 is 9.53 Å². The molecule has 1 aliphatic rings. The Hall–Kier alpha value is -3.25. The molecule has 0 fully saturated rings. The first kappa shape index (κ1) is 19.7. The summed E-state index contributed by atoms with van der Waals surface area (Å²) in [4.78, 5) is 23.9. The molecule has 1 N–H and O–H groups in total. The summed E-state index contributed by atoms with van der Waals surface area (Å²) in [6, 6.07) is 17.1. The van der Waals surface area contributed by atoms with Crippen molar-refractivity contribution in [2.75, 3.05) is 0 Å². The van der Waals surface area contributed by atoms with Gasteiger partial charge in [0.1, 0.15) is 16.9 Å². The van der Waals surface area contributed by atoms with Gasteiger partial charge in [-0.3, -0.25) is 4.79 Å². The van der Waals surface area contributed by atoms with E-state index < -0.39 is 0 Å². The van der Waals surface area contributed by atoms with E-state index in [4.69, 9.17) is 4.74 Å². The van der Waals surface area contributed by atoms with Gasteiger partial charge in [-0.25, -0.2) is 9.97 Å². The third kappa shape index (κ3) is 4.16. The van der Waals surface area contributed by atoms with E-state index in [1.807, 2.05) is 42.5 Å². The van der Waals surface area contributed by atoms with Crippen LogP contribution < -0.4 is 10.1 Å². The molecule has 6 heteroatoms. The average Bonchev–Trinajstić information content (AvgIpc) is 3.17. The van der Waals surface area contributed by atoms with E-state index in [2.05, 4.69) is 22.2 Å². The van der Waals surface area contributed by atoms with E-state index in [0.29, 0.717) is 29.7 Å². The first-order valence-electron chi connectivity index (χ1n) is 10.5. The van der Waals surface area contributed by atoms with Gasteiger partial charge in [0.25, 0.3) is 5.91 Å². The molecule has 2 heterocycles. The lowest BCUT2D eigenvalue weighted by Crippen LogP contribution is -2.22. The lowest BCUT2D eigenvalue weighted by Gasteiger charge is -2.18. The molecular formula is C25H23N3O2S. The monoisotopic (exact) mass is 429 g/mol. The molecule has 2 aromatic carbocycles. The average molecular weight is 430 g/mol. The Labute approximate surface area is 185 Å². The van der Waals surface area contributed by atoms with Gasteiger partial charge in [0, 0.05) is 17.0 Å². The van der Waals surface area contributed by atoms with E-state index >= 15 is 0 Å². The molecule has 1 aliphatic carbocycles. The Bertz CT molecular complexity index is 1240. The molecule has 31 heavy (non-hydrogen) atoms. The zero-order valence-electron chi connectivity index (χ0n) is 17.3. The number of hydrogen-bond donors (Lipinski definition) is 1. The molecule has 0 spiro atoms. The summed E-state index contributed by atoms with van der Waals surface area (Å²) in [6.45, 7) is 2.78. The molecule has 4 aromatic rings. The van der Waals surface area contributed by atoms with Crippen LogP contribution in [0.5, 0.6) is 11.6 Å². The van der Waals surface area contributed by atoms with Crippen molar-refractivity contribution in [2.24, 2.45) is 5.92 Å². The summed E-state index contributed by atoms with van der Waals surface area (Å²) in [5.41, 5.74) is 2.94. The van der Waals surface area contributed by atoms with Gasteiger partial charge in [0.05, 0.1) is 5.39 Å². The predicted molar refractivity (Wildman–Crippen MR) is 123 cm³/mol. The topological polar surface area (TPSA) is 64.1 Å². The zero-order valence-corrected chi connectivity index (χ0v) is 18.1. The number of amides is 1. The number of thiophene rings is 1. The minimum atomic E-state index is -0.135. The van der Waals surface area contributed by atoms with Crippen LogP contribution in [0.1, 0.15) is 39.7 Å². The molecule has 0 saturated heterocycles. The third-order valence-corrected chi connectivity index (χ3v) is 6.83. The van der Waals surface area contributed by atoms with Crippen molar-refractivity contribution in [2.45, 2.75) is 32.7 Å². The van der Waals surface area contributed by atoms with Crippen molar-refractivity contribution >= 4 is 27.5 Å². The molecule has 5 rings (SSSR count). The van der Waals surface area contributed by atoms with E-state index in [9.17, 15) is 4.79 Å². The SMILES string of the molecule is CC1CCc2c(sc3ncnc(Oc4cccc(C(=O)NCc5ccccc5)c4)c23)C1. The van der Waals surface area contributed by atoms with E-state index in [-0.39, 0.29) is 5.91 Å². The quantitative estimate of drug-likeness (QED) is 0.452. The highest BCUT2D eigenvalue weighted by atomic mass is 32.1. The lowest BCUT2D eigenvalue weighted by molar-refractivity contribution is 0.0950. The van der Waals surface area contributed by atoms with Crippen LogP contribution in [0.25, 0.3) is 10.2 Å². The largest absolute Gasteiger partial charge is 0.438 e. The van der Waals surface area contributed by atoms with Crippen LogP contribution in [0.15, 0.2) is 60.9 Å². The smallest absolute Gasteiger partial charge is 0.251 e. The molecule has 5 nitrogen and oxygen atoms in total. The maximum absolute atomic E-state index is 12.6. The van der Waals surface area contributed by atoms with Gasteiger partial charge in [-0.2, -0.15) is 0 Å². The Kier molecular flexibility index (Phi) is 5.38. The van der Waals surface area contributed by atoms with Crippen molar-refractivity contribution in [1.82, 2.24) is 15.3 Å². The normalized spacial score (nSPS) is 15.5. The standard InChI is InChI=1S/C25H23N3O2S/c1-16-10-11-20-21(12-16)31-25-22(20)24(27-15-28-25)30-19-9-5-8-18(13-19)23(29)26-14-17-6-3-2-4-7-17/h2-9,13,15-16H,10-12,14H2,1H3,(H,26,29). The summed E-state index contributed by atoms with van der Waals surface area (Å²) in [6.07, 6.45) is 4.85. The number of rotatable bonds is 5. The fourth-order valence-corrected chi connectivity index (χ4v) is 5.36. The van der Waals surface area contributed by atoms with Gasteiger partial charge < -0.3 is 10.1 Å². The second-order valence-electron chi connectivity index (χ2n) is 8.01. The van der Waals surface area contributed by atoms with Gasteiger partial charge in [-0.05, 0) is 54.5 Å². The number of aromatic nitrogens is 2. The van der Waals surface area contributed by atoms with Crippen molar-refractivity contribution in [3.05, 3.63) is 82.5 Å². The predicted octanol–water partition coefficient (Wildman–Crippen LogP) is 5.54. The molecule has 156 valence electrons. The highest BCUT2D eigenvalue weighted by molar-refractivity contribution is 7.18. The fraction of sp³-hybridized carbons (Fsp3) is 0.240. The molecule has 0 aliphatic heterocycles. The number of fused-ring (bicyclic) bond motifs is 3. The van der Waals surface area contributed by atoms with Gasteiger partial charge in [-0.1, -0.05) is 43.3 Å². The zero-order chi connectivity index (χ0) is 21.2. The van der Waals surface area contributed by atoms with E-state index in [1.54, 1.807) is 29.8 Å². The number of carbonyl (C=O) groups is 1. The molecule has 1 atom stereocenters. The van der Waals surface area contributed by atoms with Crippen LogP contribution in [0.4, 0.5) is 0 Å². The van der Waals surface area contributed by atoms with Gasteiger partial charge in [0.15, 0.2) is 0 Å². The second kappa shape index (κ2) is 8.47. The summed E-state index contributed by atoms with van der Waals surface area (Å²) in [5, 5.41) is 3.98. The molecule has 1 amide bonds. The van der Waals surface area contributed by atoms with Crippen molar-refractivity contribution in [3.8, 4) is 11.6 Å². The van der Waals surface area contributed by atoms with Gasteiger partial charge in [0.2, 0.25) is 5.88 Å². The highest BCUT2D eigenvalue weighted by Gasteiger charge is 2.24. The van der Waals surface area contributed by atoms with E-state index in [0.717, 1.165) is 28.6 Å². The molecule has 0 radical (unpaired) electrons. The number of nitrogens with zero attached hydrogens (tertiary/aromatic N) is 2. The number of ether oxygens (including phenoxy) is 1. The van der Waals surface area contributed by atoms with Crippen LogP contribution in [0.3, 0.4) is 0 Å². The maximum atomic E-state index is 12.6. The molecule has 0 saturated carbocycles. The van der Waals surface area contributed by atoms with Crippen LogP contribution in [-0.2, 0) is 19.4 Å². The van der Waals surface area contributed by atoms with Crippen molar-refractivity contribution in [1.29, 1.82) is 0 Å². The highest BCUT2D eigenvalue weighted by Crippen LogP contribution is 2.41. The molecule has 1 unspecified atom stereocenters. The summed E-state index contributed by atoms with van der Waals surface area (Å²) < 4.78 is 6.17. The first-order valence-corrected chi connectivity index (χ1v) is 11.3. The number of carbonyl (C=O) groups excluding carboxylic acids is 1. The maximum Gasteiger partial charge on any atom is 0.251 e. The second-order valence-corrected chi connectivity index (χ2v) is 9.09. The van der Waals surface area contributed by atoms with Crippen LogP contribution in [0.2, 0.25) is 0 Å². The summed E-state index contributed by atoms with van der Waals surface area (Å²) >= 11 is 1.75. The Balaban J connectivity index is 1.37. The number of nitrogens with one attached hydrogen (secondary N) is 1. The Morgan fingerprint density at radius 2 is 2.03 bits per heavy atom. The van der Waals surface area contributed by atoms with Crippen LogP contribution in [-0.4, -0.2) is 15.9 Å². The van der Waals surface area contributed by atoms with Crippen LogP contribution >= 0.6 is 11.3 Å². The van der Waals surface area contributed by atoms with E-state index in [1.165, 1.54) is 16.9 Å². The lowest BCUT2D eigenvalue weighted by atomic mass is 9.89. The van der Waals surface area contributed by atoms with Gasteiger partial charge in [-0.15, -0.1) is 11.3 Å². The number of hydrogen-bond acceptors (Lipinski definition) is 5. The fourth-order valence-electron chi connectivity index (χ4n) is 4.02. The molecular weight excluding hydrogens is 406 g/mol. The summed E-state index contributed by atoms with van der Waals surface area (Å²) in [7, 11) is 0. The number of benzene rings is 2. The van der Waals surface area contributed by atoms with Gasteiger partial charge >= 0.3 is 0 Å².